The van der Waals surface area contributed by atoms with E-state index in [-0.39, 0.29) is 6.04 Å². The summed E-state index contributed by atoms with van der Waals surface area (Å²) in [5.74, 6) is 0. The van der Waals surface area contributed by atoms with Crippen molar-refractivity contribution < 1.29 is 18.3 Å². The quantitative estimate of drug-likeness (QED) is 0.916. The highest BCUT2D eigenvalue weighted by Gasteiger charge is 2.35. The Balaban J connectivity index is 1.85. The normalized spacial score (nSPS) is 23.1. The zero-order valence-electron chi connectivity index (χ0n) is 11.7. The number of aliphatic hydroxyl groups excluding tert-OH is 1. The summed E-state index contributed by atoms with van der Waals surface area (Å²) < 4.78 is 38.6. The molecule has 1 saturated heterocycles. The van der Waals surface area contributed by atoms with Crippen LogP contribution in [0.15, 0.2) is 36.5 Å². The molecular formula is C15H16F3N3O. The average Bonchev–Trinajstić information content (AvgIpc) is 3.08. The Hall–Kier alpha value is -1.86. The van der Waals surface area contributed by atoms with Gasteiger partial charge >= 0.3 is 6.18 Å². The number of alkyl halides is 3. The molecule has 4 nitrogen and oxygen atoms in total. The lowest BCUT2D eigenvalue weighted by molar-refractivity contribution is -0.137. The highest BCUT2D eigenvalue weighted by atomic mass is 19.4. The first-order chi connectivity index (χ1) is 10.4. The maximum atomic E-state index is 12.9. The largest absolute Gasteiger partial charge is 0.416 e. The van der Waals surface area contributed by atoms with Crippen LogP contribution in [0.2, 0.25) is 0 Å². The molecule has 3 rings (SSSR count). The van der Waals surface area contributed by atoms with Gasteiger partial charge < -0.3 is 5.11 Å². The number of H-pyrrole nitrogens is 1. The summed E-state index contributed by atoms with van der Waals surface area (Å²) in [6.07, 6.45) is -2.85. The number of aromatic nitrogens is 2. The fourth-order valence-corrected chi connectivity index (χ4v) is 2.91. The Morgan fingerprint density at radius 3 is 2.82 bits per heavy atom. The number of rotatable bonds is 3. The first-order valence-corrected chi connectivity index (χ1v) is 7.01. The van der Waals surface area contributed by atoms with Crippen LogP contribution in [-0.4, -0.2) is 32.9 Å². The van der Waals surface area contributed by atoms with Crippen LogP contribution in [0.4, 0.5) is 13.2 Å². The first-order valence-electron chi connectivity index (χ1n) is 7.01. The van der Waals surface area contributed by atoms with Crippen LogP contribution in [-0.2, 0) is 12.7 Å². The molecule has 1 aliphatic heterocycles. The van der Waals surface area contributed by atoms with Crippen LogP contribution >= 0.6 is 0 Å². The second-order valence-corrected chi connectivity index (χ2v) is 5.54. The van der Waals surface area contributed by atoms with Crippen LogP contribution in [0.25, 0.3) is 0 Å². The third-order valence-electron chi connectivity index (χ3n) is 3.91. The number of benzene rings is 1. The lowest BCUT2D eigenvalue weighted by atomic mass is 10.0. The van der Waals surface area contributed by atoms with E-state index < -0.39 is 17.8 Å². The van der Waals surface area contributed by atoms with Crippen molar-refractivity contribution in [2.75, 3.05) is 6.54 Å². The number of aromatic amines is 1. The zero-order valence-corrected chi connectivity index (χ0v) is 11.7. The van der Waals surface area contributed by atoms with Gasteiger partial charge in [-0.25, -0.2) is 0 Å². The molecule has 2 aromatic rings. The third kappa shape index (κ3) is 3.15. The minimum Gasteiger partial charge on any atom is -0.392 e. The van der Waals surface area contributed by atoms with Crippen molar-refractivity contribution in [2.24, 2.45) is 0 Å². The molecule has 2 heterocycles. The molecule has 2 N–H and O–H groups in total. The highest BCUT2D eigenvalue weighted by Crippen LogP contribution is 2.36. The molecule has 7 heteroatoms. The van der Waals surface area contributed by atoms with Crippen molar-refractivity contribution in [3.63, 3.8) is 0 Å². The topological polar surface area (TPSA) is 52.1 Å². The number of nitrogens with one attached hydrogen (secondary N) is 1. The number of likely N-dealkylation sites (tertiary alicyclic amines) is 1. The lowest BCUT2D eigenvalue weighted by Gasteiger charge is -2.24. The molecule has 0 bridgehead atoms. The number of β-amino-alcohol motifs (C(OH)–C–C–N with tert-alkyl or cyclic N) is 1. The van der Waals surface area contributed by atoms with E-state index in [1.807, 2.05) is 11.0 Å². The number of hydrogen-bond donors (Lipinski definition) is 2. The molecule has 0 spiro atoms. The molecular weight excluding hydrogens is 295 g/mol. The van der Waals surface area contributed by atoms with Gasteiger partial charge in [0, 0.05) is 31.0 Å². The summed E-state index contributed by atoms with van der Waals surface area (Å²) in [5, 5.41) is 16.6. The summed E-state index contributed by atoms with van der Waals surface area (Å²) >= 11 is 0. The molecule has 118 valence electrons. The molecule has 1 aliphatic rings. The minimum absolute atomic E-state index is 0.236. The van der Waals surface area contributed by atoms with E-state index in [1.54, 1.807) is 12.3 Å². The molecule has 2 atom stereocenters. The Labute approximate surface area is 125 Å². The van der Waals surface area contributed by atoms with Crippen LogP contribution in [0, 0.1) is 0 Å². The highest BCUT2D eigenvalue weighted by molar-refractivity contribution is 5.29. The maximum absolute atomic E-state index is 12.9. The van der Waals surface area contributed by atoms with E-state index >= 15 is 0 Å². The van der Waals surface area contributed by atoms with E-state index in [0.29, 0.717) is 25.1 Å². The minimum atomic E-state index is -4.36. The van der Waals surface area contributed by atoms with Crippen molar-refractivity contribution in [1.82, 2.24) is 15.1 Å². The predicted molar refractivity (Wildman–Crippen MR) is 73.8 cm³/mol. The number of nitrogens with zero attached hydrogens (tertiary/aromatic N) is 2. The van der Waals surface area contributed by atoms with Gasteiger partial charge in [-0.3, -0.25) is 10.00 Å². The first kappa shape index (κ1) is 15.1. The predicted octanol–water partition coefficient (Wildman–Crippen LogP) is 2.74. The van der Waals surface area contributed by atoms with Crippen molar-refractivity contribution in [1.29, 1.82) is 0 Å². The molecule has 22 heavy (non-hydrogen) atoms. The van der Waals surface area contributed by atoms with E-state index in [9.17, 15) is 18.3 Å². The molecule has 1 fully saturated rings. The Kier molecular flexibility index (Phi) is 3.92. The van der Waals surface area contributed by atoms with Crippen LogP contribution in [0.5, 0.6) is 0 Å². The van der Waals surface area contributed by atoms with E-state index in [4.69, 9.17) is 0 Å². The van der Waals surface area contributed by atoms with Gasteiger partial charge in [-0.1, -0.05) is 12.1 Å². The SMILES string of the molecule is O[C@H]1C[C@@H](c2cccc(C(F)(F)F)c2)N(Cc2ccn[nH]2)C1. The van der Waals surface area contributed by atoms with E-state index in [1.165, 1.54) is 12.1 Å². The second kappa shape index (κ2) is 5.73. The van der Waals surface area contributed by atoms with Crippen molar-refractivity contribution >= 4 is 0 Å². The number of aliphatic hydroxyl groups is 1. The number of halogens is 3. The van der Waals surface area contributed by atoms with Crippen molar-refractivity contribution in [3.05, 3.63) is 53.3 Å². The molecule has 0 saturated carbocycles. The van der Waals surface area contributed by atoms with Crippen LogP contribution < -0.4 is 0 Å². The summed E-state index contributed by atoms with van der Waals surface area (Å²) in [6, 6.07) is 6.90. The molecule has 0 amide bonds. The van der Waals surface area contributed by atoms with E-state index in [0.717, 1.165) is 11.8 Å². The zero-order chi connectivity index (χ0) is 15.7. The van der Waals surface area contributed by atoms with Gasteiger partial charge in [0.05, 0.1) is 11.7 Å². The summed E-state index contributed by atoms with van der Waals surface area (Å²) in [5.41, 5.74) is 0.782. The number of hydrogen-bond acceptors (Lipinski definition) is 3. The van der Waals surface area contributed by atoms with Gasteiger partial charge in [-0.05, 0) is 30.2 Å². The molecule has 0 unspecified atom stereocenters. The Morgan fingerprint density at radius 1 is 1.32 bits per heavy atom. The third-order valence-corrected chi connectivity index (χ3v) is 3.91. The van der Waals surface area contributed by atoms with Gasteiger partial charge in [0.15, 0.2) is 0 Å². The van der Waals surface area contributed by atoms with Gasteiger partial charge in [-0.2, -0.15) is 18.3 Å². The van der Waals surface area contributed by atoms with Gasteiger partial charge in [0.1, 0.15) is 0 Å². The summed E-state index contributed by atoms with van der Waals surface area (Å²) in [7, 11) is 0. The smallest absolute Gasteiger partial charge is 0.392 e. The van der Waals surface area contributed by atoms with Crippen molar-refractivity contribution in [2.45, 2.75) is 31.3 Å². The molecule has 0 aliphatic carbocycles. The van der Waals surface area contributed by atoms with Crippen LogP contribution in [0.1, 0.15) is 29.3 Å². The van der Waals surface area contributed by atoms with Crippen molar-refractivity contribution in [3.8, 4) is 0 Å². The lowest BCUT2D eigenvalue weighted by Crippen LogP contribution is -2.24. The summed E-state index contributed by atoms with van der Waals surface area (Å²) in [6.45, 7) is 0.942. The van der Waals surface area contributed by atoms with E-state index in [2.05, 4.69) is 10.2 Å². The van der Waals surface area contributed by atoms with Gasteiger partial charge in [0.25, 0.3) is 0 Å². The Morgan fingerprint density at radius 2 is 2.14 bits per heavy atom. The second-order valence-electron chi connectivity index (χ2n) is 5.54. The molecule has 0 radical (unpaired) electrons. The maximum Gasteiger partial charge on any atom is 0.416 e. The van der Waals surface area contributed by atoms with Gasteiger partial charge in [-0.15, -0.1) is 0 Å². The molecule has 1 aromatic carbocycles. The fraction of sp³-hybridized carbons (Fsp3) is 0.400. The summed E-state index contributed by atoms with van der Waals surface area (Å²) in [4.78, 5) is 1.97. The fourth-order valence-electron chi connectivity index (χ4n) is 2.91. The molecule has 1 aromatic heterocycles. The average molecular weight is 311 g/mol. The van der Waals surface area contributed by atoms with Crippen LogP contribution in [0.3, 0.4) is 0 Å². The van der Waals surface area contributed by atoms with Gasteiger partial charge in [0.2, 0.25) is 0 Å². The standard InChI is InChI=1S/C15H16F3N3O/c16-15(17,18)11-3-1-2-10(6-11)14-7-13(22)9-21(14)8-12-4-5-19-20-12/h1-6,13-14,22H,7-9H2,(H,19,20)/t13-,14-/m0/s1. The Bertz CT molecular complexity index is 627. The monoisotopic (exact) mass is 311 g/mol.